The van der Waals surface area contributed by atoms with Gasteiger partial charge in [-0.15, -0.1) is 0 Å². The average Bonchev–Trinajstić information content (AvgIpc) is 2.10. The SMILES string of the molecule is COCC1CN(c2cncc(C)n2)C1. The van der Waals surface area contributed by atoms with E-state index in [1.807, 2.05) is 13.1 Å². The topological polar surface area (TPSA) is 38.2 Å². The van der Waals surface area contributed by atoms with Gasteiger partial charge in [-0.05, 0) is 6.92 Å². The average molecular weight is 193 g/mol. The van der Waals surface area contributed by atoms with E-state index in [-0.39, 0.29) is 0 Å². The van der Waals surface area contributed by atoms with Crippen molar-refractivity contribution >= 4 is 5.82 Å². The van der Waals surface area contributed by atoms with Gasteiger partial charge in [0.25, 0.3) is 0 Å². The Bertz CT molecular complexity index is 310. The van der Waals surface area contributed by atoms with Crippen LogP contribution in [0.25, 0.3) is 0 Å². The van der Waals surface area contributed by atoms with Gasteiger partial charge in [0.15, 0.2) is 0 Å². The molecule has 0 amide bonds. The summed E-state index contributed by atoms with van der Waals surface area (Å²) in [6, 6.07) is 0. The maximum absolute atomic E-state index is 5.09. The highest BCUT2D eigenvalue weighted by Crippen LogP contribution is 2.21. The van der Waals surface area contributed by atoms with Gasteiger partial charge in [0.2, 0.25) is 0 Å². The summed E-state index contributed by atoms with van der Waals surface area (Å²) in [6.45, 7) is 4.87. The van der Waals surface area contributed by atoms with Crippen molar-refractivity contribution < 1.29 is 4.74 Å². The first kappa shape index (κ1) is 9.40. The molecule has 0 aromatic carbocycles. The van der Waals surface area contributed by atoms with Gasteiger partial charge in [-0.1, -0.05) is 0 Å². The van der Waals surface area contributed by atoms with Gasteiger partial charge in [0.1, 0.15) is 5.82 Å². The Labute approximate surface area is 83.9 Å². The molecular weight excluding hydrogens is 178 g/mol. The van der Waals surface area contributed by atoms with E-state index < -0.39 is 0 Å². The molecular formula is C10H15N3O. The van der Waals surface area contributed by atoms with E-state index in [2.05, 4.69) is 14.9 Å². The Hall–Kier alpha value is -1.16. The molecule has 0 atom stereocenters. The Morgan fingerprint density at radius 3 is 2.93 bits per heavy atom. The Balaban J connectivity index is 1.93. The predicted molar refractivity (Wildman–Crippen MR) is 54.3 cm³/mol. The first-order chi connectivity index (χ1) is 6.79. The fraction of sp³-hybridized carbons (Fsp3) is 0.600. The monoisotopic (exact) mass is 193 g/mol. The highest BCUT2D eigenvalue weighted by atomic mass is 16.5. The van der Waals surface area contributed by atoms with Crippen LogP contribution in [0.15, 0.2) is 12.4 Å². The first-order valence-corrected chi connectivity index (χ1v) is 4.82. The van der Waals surface area contributed by atoms with E-state index in [1.165, 1.54) is 0 Å². The Kier molecular flexibility index (Phi) is 2.63. The molecule has 1 fully saturated rings. The standard InChI is InChI=1S/C10H15N3O/c1-8-3-11-4-10(12-8)13-5-9(6-13)7-14-2/h3-4,9H,5-7H2,1-2H3. The van der Waals surface area contributed by atoms with Crippen LogP contribution in [0.2, 0.25) is 0 Å². The molecule has 1 aromatic heterocycles. The van der Waals surface area contributed by atoms with Crippen LogP contribution in [0.5, 0.6) is 0 Å². The van der Waals surface area contributed by atoms with Gasteiger partial charge < -0.3 is 9.64 Å². The van der Waals surface area contributed by atoms with E-state index in [4.69, 9.17) is 4.74 Å². The normalized spacial score (nSPS) is 16.9. The zero-order chi connectivity index (χ0) is 9.97. The van der Waals surface area contributed by atoms with Gasteiger partial charge in [-0.25, -0.2) is 4.98 Å². The second kappa shape index (κ2) is 3.92. The molecule has 4 nitrogen and oxygen atoms in total. The molecule has 1 aliphatic heterocycles. The summed E-state index contributed by atoms with van der Waals surface area (Å²) in [5, 5.41) is 0. The third-order valence-electron chi connectivity index (χ3n) is 2.43. The summed E-state index contributed by atoms with van der Waals surface area (Å²) < 4.78 is 5.09. The summed E-state index contributed by atoms with van der Waals surface area (Å²) in [6.07, 6.45) is 3.59. The molecule has 0 aliphatic carbocycles. The van der Waals surface area contributed by atoms with Gasteiger partial charge in [0.05, 0.1) is 18.5 Å². The van der Waals surface area contributed by atoms with E-state index in [1.54, 1.807) is 13.3 Å². The highest BCUT2D eigenvalue weighted by molar-refractivity contribution is 5.39. The molecule has 76 valence electrons. The van der Waals surface area contributed by atoms with Crippen molar-refractivity contribution in [1.82, 2.24) is 9.97 Å². The number of hydrogen-bond acceptors (Lipinski definition) is 4. The molecule has 2 rings (SSSR count). The lowest BCUT2D eigenvalue weighted by Gasteiger charge is -2.39. The molecule has 14 heavy (non-hydrogen) atoms. The number of anilines is 1. The van der Waals surface area contributed by atoms with Gasteiger partial charge in [0, 0.05) is 32.3 Å². The molecule has 0 bridgehead atoms. The van der Waals surface area contributed by atoms with E-state index in [0.717, 1.165) is 31.2 Å². The Morgan fingerprint density at radius 2 is 2.29 bits per heavy atom. The number of hydrogen-bond donors (Lipinski definition) is 0. The predicted octanol–water partition coefficient (Wildman–Crippen LogP) is 0.868. The quantitative estimate of drug-likeness (QED) is 0.714. The van der Waals surface area contributed by atoms with Crippen LogP contribution in [0, 0.1) is 12.8 Å². The Morgan fingerprint density at radius 1 is 1.50 bits per heavy atom. The summed E-state index contributed by atoms with van der Waals surface area (Å²) in [5.41, 5.74) is 0.970. The van der Waals surface area contributed by atoms with Crippen molar-refractivity contribution in [3.8, 4) is 0 Å². The molecule has 1 aliphatic rings. The minimum atomic E-state index is 0.655. The van der Waals surface area contributed by atoms with Crippen LogP contribution in [0.4, 0.5) is 5.82 Å². The van der Waals surface area contributed by atoms with E-state index in [0.29, 0.717) is 5.92 Å². The summed E-state index contributed by atoms with van der Waals surface area (Å²) in [7, 11) is 1.75. The fourth-order valence-electron chi connectivity index (χ4n) is 1.70. The molecule has 0 N–H and O–H groups in total. The van der Waals surface area contributed by atoms with Gasteiger partial charge >= 0.3 is 0 Å². The number of rotatable bonds is 3. The smallest absolute Gasteiger partial charge is 0.147 e. The third kappa shape index (κ3) is 1.85. The minimum absolute atomic E-state index is 0.655. The zero-order valence-electron chi connectivity index (χ0n) is 8.60. The molecule has 2 heterocycles. The van der Waals surface area contributed by atoms with Gasteiger partial charge in [-0.3, -0.25) is 4.98 Å². The van der Waals surface area contributed by atoms with Crippen molar-refractivity contribution in [3.63, 3.8) is 0 Å². The van der Waals surface area contributed by atoms with Crippen molar-refractivity contribution in [1.29, 1.82) is 0 Å². The number of methoxy groups -OCH3 is 1. The highest BCUT2D eigenvalue weighted by Gasteiger charge is 2.27. The first-order valence-electron chi connectivity index (χ1n) is 4.82. The fourth-order valence-corrected chi connectivity index (χ4v) is 1.70. The lowest BCUT2D eigenvalue weighted by molar-refractivity contribution is 0.137. The summed E-state index contributed by atoms with van der Waals surface area (Å²) in [4.78, 5) is 10.8. The molecule has 0 saturated carbocycles. The molecule has 0 unspecified atom stereocenters. The third-order valence-corrected chi connectivity index (χ3v) is 2.43. The molecule has 0 radical (unpaired) electrons. The lowest BCUT2D eigenvalue weighted by Crippen LogP contribution is -2.49. The van der Waals surface area contributed by atoms with Crippen LogP contribution >= 0.6 is 0 Å². The molecule has 1 saturated heterocycles. The van der Waals surface area contributed by atoms with Crippen LogP contribution in [-0.2, 0) is 4.74 Å². The van der Waals surface area contributed by atoms with Crippen molar-refractivity contribution in [2.45, 2.75) is 6.92 Å². The zero-order valence-corrected chi connectivity index (χ0v) is 8.60. The second-order valence-corrected chi connectivity index (χ2v) is 3.75. The van der Waals surface area contributed by atoms with E-state index >= 15 is 0 Å². The maximum Gasteiger partial charge on any atom is 0.147 e. The number of nitrogens with zero attached hydrogens (tertiary/aromatic N) is 3. The van der Waals surface area contributed by atoms with Crippen LogP contribution in [0.1, 0.15) is 5.69 Å². The number of aromatic nitrogens is 2. The van der Waals surface area contributed by atoms with Crippen LogP contribution in [-0.4, -0.2) is 36.8 Å². The van der Waals surface area contributed by atoms with E-state index in [9.17, 15) is 0 Å². The largest absolute Gasteiger partial charge is 0.384 e. The lowest BCUT2D eigenvalue weighted by atomic mass is 10.0. The van der Waals surface area contributed by atoms with Crippen LogP contribution in [0.3, 0.4) is 0 Å². The molecule has 0 spiro atoms. The number of aryl methyl sites for hydroxylation is 1. The summed E-state index contributed by atoms with van der Waals surface area (Å²) in [5.74, 6) is 1.64. The van der Waals surface area contributed by atoms with Crippen LogP contribution < -0.4 is 4.90 Å². The molecule has 4 heteroatoms. The second-order valence-electron chi connectivity index (χ2n) is 3.75. The molecule has 1 aromatic rings. The summed E-state index contributed by atoms with van der Waals surface area (Å²) >= 11 is 0. The van der Waals surface area contributed by atoms with Crippen molar-refractivity contribution in [3.05, 3.63) is 18.1 Å². The number of ether oxygens (including phenoxy) is 1. The van der Waals surface area contributed by atoms with Gasteiger partial charge in [-0.2, -0.15) is 0 Å². The minimum Gasteiger partial charge on any atom is -0.384 e. The van der Waals surface area contributed by atoms with Crippen molar-refractivity contribution in [2.75, 3.05) is 31.7 Å². The van der Waals surface area contributed by atoms with Crippen molar-refractivity contribution in [2.24, 2.45) is 5.92 Å². The maximum atomic E-state index is 5.09.